The van der Waals surface area contributed by atoms with Gasteiger partial charge in [-0.3, -0.25) is 9.78 Å². The molecule has 35 heavy (non-hydrogen) atoms. The average molecular weight is 479 g/mol. The molecule has 2 aliphatic heterocycles. The summed E-state index contributed by atoms with van der Waals surface area (Å²) in [5.74, 6) is 0.964. The Labute approximate surface area is 208 Å². The van der Waals surface area contributed by atoms with Gasteiger partial charge in [-0.25, -0.2) is 9.97 Å². The van der Waals surface area contributed by atoms with E-state index in [1.54, 1.807) is 0 Å². The number of piperidine rings is 1. The number of rotatable bonds is 4. The van der Waals surface area contributed by atoms with Crippen LogP contribution in [0.5, 0.6) is 0 Å². The van der Waals surface area contributed by atoms with Crippen molar-refractivity contribution in [3.05, 3.63) is 47.0 Å². The summed E-state index contributed by atoms with van der Waals surface area (Å²) in [6.07, 6.45) is 8.81. The molecule has 2 aromatic heterocycles. The summed E-state index contributed by atoms with van der Waals surface area (Å²) in [6, 6.07) is 4.59. The van der Waals surface area contributed by atoms with Crippen molar-refractivity contribution in [3.8, 4) is 0 Å². The van der Waals surface area contributed by atoms with Gasteiger partial charge >= 0.3 is 0 Å². The number of aryl methyl sites for hydroxylation is 1. The molecule has 0 aromatic carbocycles. The second-order valence-corrected chi connectivity index (χ2v) is 10.8. The van der Waals surface area contributed by atoms with Gasteiger partial charge in [0.15, 0.2) is 0 Å². The topological polar surface area (TPSA) is 94.5 Å². The van der Waals surface area contributed by atoms with E-state index >= 15 is 0 Å². The number of fused-ring (bicyclic) bond motifs is 1. The second kappa shape index (κ2) is 10.2. The van der Waals surface area contributed by atoms with Gasteiger partial charge in [0, 0.05) is 48.6 Å². The van der Waals surface area contributed by atoms with Gasteiger partial charge in [-0.15, -0.1) is 0 Å². The Bertz CT molecular complexity index is 1040. The maximum absolute atomic E-state index is 14.0. The molecule has 1 aliphatic carbocycles. The number of nitrogens with zero attached hydrogens (tertiary/aromatic N) is 5. The van der Waals surface area contributed by atoms with Crippen LogP contribution in [0.2, 0.25) is 0 Å². The number of aromatic nitrogens is 3. The molecule has 188 valence electrons. The van der Waals surface area contributed by atoms with Crippen LogP contribution < -0.4 is 5.32 Å². The molecule has 3 aliphatic rings. The van der Waals surface area contributed by atoms with Crippen LogP contribution in [-0.2, 0) is 17.8 Å². The standard InChI is InChI=1S/C27H38N6O2/c1-17-4-5-19(13-28-17)24-15-32(3)11-10-23(24)26(35)33-16-25-20(12-18(33)2)14-29-27(31-25)30-21-6-8-22(34)9-7-21/h4-5,13-14,18,21-24,34H,6-12,15-16H2,1-3H3,(H,29,30,31)/t18-,21?,22?,23-,24+/m1/s1. The number of aliphatic hydroxyl groups excluding tert-OH is 1. The van der Waals surface area contributed by atoms with Crippen LogP contribution in [-0.4, -0.2) is 74.1 Å². The molecule has 2 fully saturated rings. The minimum absolute atomic E-state index is 0.0483. The monoisotopic (exact) mass is 478 g/mol. The molecule has 2 aromatic rings. The zero-order chi connectivity index (χ0) is 24.5. The fraction of sp³-hybridized carbons (Fsp3) is 0.630. The number of hydrogen-bond donors (Lipinski definition) is 2. The lowest BCUT2D eigenvalue weighted by molar-refractivity contribution is -0.141. The predicted molar refractivity (Wildman–Crippen MR) is 135 cm³/mol. The maximum Gasteiger partial charge on any atom is 0.227 e. The number of likely N-dealkylation sites (N-methyl/N-ethyl adjacent to an activating group) is 1. The number of carbonyl (C=O) groups excluding carboxylic acids is 1. The molecular formula is C27H38N6O2. The van der Waals surface area contributed by atoms with Crippen molar-refractivity contribution < 1.29 is 9.90 Å². The van der Waals surface area contributed by atoms with Crippen LogP contribution in [0.25, 0.3) is 0 Å². The van der Waals surface area contributed by atoms with Gasteiger partial charge in [0.05, 0.1) is 18.3 Å². The average Bonchev–Trinajstić information content (AvgIpc) is 2.85. The number of likely N-dealkylation sites (tertiary alicyclic amines) is 1. The third-order valence-electron chi connectivity index (χ3n) is 8.13. The van der Waals surface area contributed by atoms with E-state index in [0.717, 1.165) is 74.1 Å². The van der Waals surface area contributed by atoms with Gasteiger partial charge in [0.1, 0.15) is 0 Å². The van der Waals surface area contributed by atoms with E-state index in [2.05, 4.69) is 40.2 Å². The molecule has 3 atom stereocenters. The summed E-state index contributed by atoms with van der Waals surface area (Å²) < 4.78 is 0. The van der Waals surface area contributed by atoms with Gasteiger partial charge in [-0.1, -0.05) is 6.07 Å². The van der Waals surface area contributed by atoms with Crippen molar-refractivity contribution in [2.75, 3.05) is 25.5 Å². The lowest BCUT2D eigenvalue weighted by atomic mass is 9.79. The molecule has 0 radical (unpaired) electrons. The SMILES string of the molecule is Cc1ccc([C@@H]2CN(C)CC[C@H]2C(=O)N2Cc3nc(NC4CCC(O)CC4)ncc3C[C@H]2C)cn1. The summed E-state index contributed by atoms with van der Waals surface area (Å²) in [5.41, 5.74) is 4.23. The van der Waals surface area contributed by atoms with E-state index in [1.165, 1.54) is 0 Å². The van der Waals surface area contributed by atoms with Gasteiger partial charge in [0.25, 0.3) is 0 Å². The smallest absolute Gasteiger partial charge is 0.227 e. The van der Waals surface area contributed by atoms with E-state index in [-0.39, 0.29) is 29.9 Å². The molecule has 1 saturated carbocycles. The molecule has 0 bridgehead atoms. The molecule has 2 N–H and O–H groups in total. The lowest BCUT2D eigenvalue weighted by Crippen LogP contribution is -2.50. The van der Waals surface area contributed by atoms with Crippen LogP contribution >= 0.6 is 0 Å². The van der Waals surface area contributed by atoms with E-state index in [0.29, 0.717) is 18.5 Å². The highest BCUT2D eigenvalue weighted by molar-refractivity contribution is 5.80. The lowest BCUT2D eigenvalue weighted by Gasteiger charge is -2.41. The van der Waals surface area contributed by atoms with Gasteiger partial charge < -0.3 is 20.2 Å². The van der Waals surface area contributed by atoms with Crippen LogP contribution in [0.3, 0.4) is 0 Å². The first-order valence-electron chi connectivity index (χ1n) is 13.1. The molecule has 0 unspecified atom stereocenters. The van der Waals surface area contributed by atoms with E-state index in [9.17, 15) is 9.90 Å². The number of amides is 1. The predicted octanol–water partition coefficient (Wildman–Crippen LogP) is 2.90. The molecular weight excluding hydrogens is 440 g/mol. The van der Waals surface area contributed by atoms with Gasteiger partial charge in [0.2, 0.25) is 11.9 Å². The quantitative estimate of drug-likeness (QED) is 0.698. The summed E-state index contributed by atoms with van der Waals surface area (Å²) in [5, 5.41) is 13.2. The molecule has 1 amide bonds. The van der Waals surface area contributed by atoms with Gasteiger partial charge in [-0.05, 0) is 83.2 Å². The summed E-state index contributed by atoms with van der Waals surface area (Å²) in [7, 11) is 2.13. The van der Waals surface area contributed by atoms with Crippen molar-refractivity contribution >= 4 is 11.9 Å². The minimum Gasteiger partial charge on any atom is -0.393 e. The Kier molecular flexibility index (Phi) is 7.02. The summed E-state index contributed by atoms with van der Waals surface area (Å²) in [6.45, 7) is 6.46. The minimum atomic E-state index is -0.183. The second-order valence-electron chi connectivity index (χ2n) is 10.8. The van der Waals surface area contributed by atoms with E-state index in [4.69, 9.17) is 4.98 Å². The highest BCUT2D eigenvalue weighted by Gasteiger charge is 2.39. The normalized spacial score (nSPS) is 29.5. The molecule has 4 heterocycles. The van der Waals surface area contributed by atoms with Crippen LogP contribution in [0.15, 0.2) is 24.5 Å². The molecule has 8 nitrogen and oxygen atoms in total. The van der Waals surface area contributed by atoms with Crippen molar-refractivity contribution in [2.45, 2.75) is 83.0 Å². The van der Waals surface area contributed by atoms with Gasteiger partial charge in [-0.2, -0.15) is 0 Å². The first-order chi connectivity index (χ1) is 16.9. The third kappa shape index (κ3) is 5.33. The Morgan fingerprint density at radius 1 is 1.11 bits per heavy atom. The third-order valence-corrected chi connectivity index (χ3v) is 8.13. The molecule has 1 saturated heterocycles. The van der Waals surface area contributed by atoms with Crippen LogP contribution in [0.4, 0.5) is 5.95 Å². The summed E-state index contributed by atoms with van der Waals surface area (Å²) in [4.78, 5) is 32.2. The molecule has 0 spiro atoms. The number of carbonyl (C=O) groups is 1. The van der Waals surface area contributed by atoms with Crippen molar-refractivity contribution in [3.63, 3.8) is 0 Å². The van der Waals surface area contributed by atoms with E-state index in [1.807, 2.05) is 30.3 Å². The van der Waals surface area contributed by atoms with E-state index < -0.39 is 0 Å². The summed E-state index contributed by atoms with van der Waals surface area (Å²) >= 11 is 0. The van der Waals surface area contributed by atoms with Crippen LogP contribution in [0.1, 0.15) is 67.5 Å². The van der Waals surface area contributed by atoms with Crippen molar-refractivity contribution in [1.82, 2.24) is 24.8 Å². The molecule has 8 heteroatoms. The number of hydrogen-bond acceptors (Lipinski definition) is 7. The fourth-order valence-corrected chi connectivity index (χ4v) is 5.92. The Morgan fingerprint density at radius 2 is 1.91 bits per heavy atom. The number of anilines is 1. The number of aliphatic hydroxyl groups is 1. The molecule has 5 rings (SSSR count). The zero-order valence-electron chi connectivity index (χ0n) is 21.2. The Morgan fingerprint density at radius 3 is 2.66 bits per heavy atom. The number of nitrogens with one attached hydrogen (secondary N) is 1. The van der Waals surface area contributed by atoms with Crippen molar-refractivity contribution in [2.24, 2.45) is 5.92 Å². The Balaban J connectivity index is 1.33. The van der Waals surface area contributed by atoms with Crippen LogP contribution in [0, 0.1) is 12.8 Å². The zero-order valence-corrected chi connectivity index (χ0v) is 21.2. The highest BCUT2D eigenvalue weighted by atomic mass is 16.3. The largest absolute Gasteiger partial charge is 0.393 e. The first-order valence-corrected chi connectivity index (χ1v) is 13.1. The first kappa shape index (κ1) is 24.1. The van der Waals surface area contributed by atoms with Crippen molar-refractivity contribution in [1.29, 1.82) is 0 Å². The highest BCUT2D eigenvalue weighted by Crippen LogP contribution is 2.35. The fourth-order valence-electron chi connectivity index (χ4n) is 5.92. The number of pyridine rings is 1. The maximum atomic E-state index is 14.0. The Hall–Kier alpha value is -2.58.